The number of hydrogen-bond acceptors (Lipinski definition) is 5. The number of ketones is 1. The summed E-state index contributed by atoms with van der Waals surface area (Å²) in [5.41, 5.74) is 1.13. The lowest BCUT2D eigenvalue weighted by atomic mass is 10.1. The molecular formula is C22H23NO3S. The molecule has 140 valence electrons. The highest BCUT2D eigenvalue weighted by atomic mass is 32.1. The van der Waals surface area contributed by atoms with Gasteiger partial charge in [0, 0.05) is 24.5 Å². The Kier molecular flexibility index (Phi) is 5.53. The van der Waals surface area contributed by atoms with E-state index in [1.165, 1.54) is 16.7 Å². The number of hydrogen-bond donors (Lipinski definition) is 0. The Labute approximate surface area is 163 Å². The average molecular weight is 381 g/mol. The number of Topliss-reactive ketones (excluding diaryl/α,β-unsaturated/α-hetero) is 1. The zero-order valence-corrected chi connectivity index (χ0v) is 16.3. The van der Waals surface area contributed by atoms with Gasteiger partial charge in [0.05, 0.1) is 18.1 Å². The van der Waals surface area contributed by atoms with Crippen molar-refractivity contribution in [3.05, 3.63) is 53.4 Å². The smallest absolute Gasteiger partial charge is 0.169 e. The van der Waals surface area contributed by atoms with Gasteiger partial charge in [0.2, 0.25) is 0 Å². The lowest BCUT2D eigenvalue weighted by Crippen LogP contribution is -2.38. The van der Waals surface area contributed by atoms with E-state index >= 15 is 0 Å². The molecule has 0 amide bonds. The molecule has 1 aliphatic rings. The standard InChI is InChI=1S/C22H23NO3S/c1-16(24)21-6-7-22(27-21)18-3-2-17-4-5-20(15-19(17)14-18)26-13-10-23-8-11-25-12-9-23/h2-7,14-15H,8-13H2,1H3. The van der Waals surface area contributed by atoms with Crippen molar-refractivity contribution in [3.8, 4) is 16.2 Å². The van der Waals surface area contributed by atoms with Crippen molar-refractivity contribution >= 4 is 27.9 Å². The molecule has 0 atom stereocenters. The molecule has 4 nitrogen and oxygen atoms in total. The third-order valence-corrected chi connectivity index (χ3v) is 6.06. The van der Waals surface area contributed by atoms with Crippen molar-refractivity contribution in [2.75, 3.05) is 39.5 Å². The van der Waals surface area contributed by atoms with Crippen LogP contribution in [0.15, 0.2) is 48.5 Å². The summed E-state index contributed by atoms with van der Waals surface area (Å²) in [6.07, 6.45) is 0. The lowest BCUT2D eigenvalue weighted by Gasteiger charge is -2.26. The first-order chi connectivity index (χ1) is 13.2. The molecule has 1 saturated heterocycles. The zero-order valence-electron chi connectivity index (χ0n) is 15.4. The van der Waals surface area contributed by atoms with Crippen LogP contribution >= 0.6 is 11.3 Å². The zero-order chi connectivity index (χ0) is 18.6. The van der Waals surface area contributed by atoms with Crippen molar-refractivity contribution in [3.63, 3.8) is 0 Å². The Morgan fingerprint density at radius 2 is 1.89 bits per heavy atom. The molecule has 0 unspecified atom stereocenters. The maximum Gasteiger partial charge on any atom is 0.169 e. The molecule has 1 fully saturated rings. The van der Waals surface area contributed by atoms with Gasteiger partial charge in [-0.2, -0.15) is 0 Å². The molecule has 4 rings (SSSR count). The number of fused-ring (bicyclic) bond motifs is 1. The Hall–Kier alpha value is -2.21. The van der Waals surface area contributed by atoms with Gasteiger partial charge in [-0.1, -0.05) is 18.2 Å². The second kappa shape index (κ2) is 8.21. The van der Waals surface area contributed by atoms with Gasteiger partial charge in [0.25, 0.3) is 0 Å². The number of thiophene rings is 1. The molecule has 0 radical (unpaired) electrons. The molecule has 5 heteroatoms. The minimum absolute atomic E-state index is 0.114. The van der Waals surface area contributed by atoms with E-state index in [-0.39, 0.29) is 5.78 Å². The highest BCUT2D eigenvalue weighted by molar-refractivity contribution is 7.17. The van der Waals surface area contributed by atoms with E-state index in [4.69, 9.17) is 9.47 Å². The third-order valence-electron chi connectivity index (χ3n) is 4.83. The molecule has 0 spiro atoms. The van der Waals surface area contributed by atoms with Crippen LogP contribution in [0.4, 0.5) is 0 Å². The van der Waals surface area contributed by atoms with Crippen molar-refractivity contribution in [2.24, 2.45) is 0 Å². The predicted molar refractivity (Wildman–Crippen MR) is 110 cm³/mol. The van der Waals surface area contributed by atoms with E-state index < -0.39 is 0 Å². The molecule has 2 heterocycles. The van der Waals surface area contributed by atoms with Crippen LogP contribution in [0, 0.1) is 0 Å². The summed E-state index contributed by atoms with van der Waals surface area (Å²) in [6, 6.07) is 16.5. The second-order valence-electron chi connectivity index (χ2n) is 6.75. The van der Waals surface area contributed by atoms with Gasteiger partial charge in [-0.25, -0.2) is 0 Å². The summed E-state index contributed by atoms with van der Waals surface area (Å²) in [7, 11) is 0. The number of ether oxygens (including phenoxy) is 2. The molecule has 0 N–H and O–H groups in total. The number of carbonyl (C=O) groups excluding carboxylic acids is 1. The molecule has 3 aromatic rings. The van der Waals surface area contributed by atoms with Crippen LogP contribution in [0.3, 0.4) is 0 Å². The Morgan fingerprint density at radius 3 is 2.67 bits per heavy atom. The summed E-state index contributed by atoms with van der Waals surface area (Å²) in [5.74, 6) is 1.01. The fourth-order valence-corrected chi connectivity index (χ4v) is 4.17. The summed E-state index contributed by atoms with van der Waals surface area (Å²) < 4.78 is 11.3. The summed E-state index contributed by atoms with van der Waals surface area (Å²) in [5, 5.41) is 2.33. The van der Waals surface area contributed by atoms with Crippen molar-refractivity contribution in [1.29, 1.82) is 0 Å². The van der Waals surface area contributed by atoms with Gasteiger partial charge in [0.1, 0.15) is 12.4 Å². The molecule has 2 aromatic carbocycles. The van der Waals surface area contributed by atoms with E-state index in [2.05, 4.69) is 35.2 Å². The summed E-state index contributed by atoms with van der Waals surface area (Å²) >= 11 is 1.54. The van der Waals surface area contributed by atoms with E-state index in [1.807, 2.05) is 18.2 Å². The van der Waals surface area contributed by atoms with Crippen LogP contribution in [0.1, 0.15) is 16.6 Å². The van der Waals surface area contributed by atoms with E-state index in [9.17, 15) is 4.79 Å². The van der Waals surface area contributed by atoms with Gasteiger partial charge in [-0.05, 0) is 53.6 Å². The first-order valence-electron chi connectivity index (χ1n) is 9.27. The molecule has 1 aromatic heterocycles. The van der Waals surface area contributed by atoms with Gasteiger partial charge < -0.3 is 9.47 Å². The van der Waals surface area contributed by atoms with Gasteiger partial charge in [-0.15, -0.1) is 11.3 Å². The fourth-order valence-electron chi connectivity index (χ4n) is 3.27. The monoisotopic (exact) mass is 381 g/mol. The molecular weight excluding hydrogens is 358 g/mol. The predicted octanol–water partition coefficient (Wildman–Crippen LogP) is 4.48. The SMILES string of the molecule is CC(=O)c1ccc(-c2ccc3ccc(OCCN4CCOCC4)cc3c2)s1. The number of rotatable bonds is 6. The number of morpholine rings is 1. The molecule has 27 heavy (non-hydrogen) atoms. The van der Waals surface area contributed by atoms with Crippen molar-refractivity contribution in [2.45, 2.75) is 6.92 Å². The third kappa shape index (κ3) is 4.38. The molecule has 1 aliphatic heterocycles. The average Bonchev–Trinajstić information content (AvgIpc) is 3.19. The van der Waals surface area contributed by atoms with Crippen LogP contribution < -0.4 is 4.74 Å². The molecule has 0 bridgehead atoms. The first kappa shape index (κ1) is 18.2. The van der Waals surface area contributed by atoms with Crippen LogP contribution in [0.2, 0.25) is 0 Å². The number of nitrogens with zero attached hydrogens (tertiary/aromatic N) is 1. The van der Waals surface area contributed by atoms with Crippen molar-refractivity contribution in [1.82, 2.24) is 4.90 Å². The minimum Gasteiger partial charge on any atom is -0.492 e. The Balaban J connectivity index is 1.47. The summed E-state index contributed by atoms with van der Waals surface area (Å²) in [6.45, 7) is 6.79. The highest BCUT2D eigenvalue weighted by Crippen LogP contribution is 2.31. The largest absolute Gasteiger partial charge is 0.492 e. The van der Waals surface area contributed by atoms with Gasteiger partial charge >= 0.3 is 0 Å². The lowest BCUT2D eigenvalue weighted by molar-refractivity contribution is 0.0322. The van der Waals surface area contributed by atoms with Crippen LogP contribution in [-0.2, 0) is 4.74 Å². The maximum absolute atomic E-state index is 11.5. The second-order valence-corrected chi connectivity index (χ2v) is 7.83. The Bertz CT molecular complexity index is 944. The minimum atomic E-state index is 0.114. The van der Waals surface area contributed by atoms with Gasteiger partial charge in [0.15, 0.2) is 5.78 Å². The quantitative estimate of drug-likeness (QED) is 0.590. The fraction of sp³-hybridized carbons (Fsp3) is 0.318. The highest BCUT2D eigenvalue weighted by Gasteiger charge is 2.10. The van der Waals surface area contributed by atoms with Crippen LogP contribution in [-0.4, -0.2) is 50.1 Å². The van der Waals surface area contributed by atoms with Crippen LogP contribution in [0.25, 0.3) is 21.2 Å². The Morgan fingerprint density at radius 1 is 1.07 bits per heavy atom. The van der Waals surface area contributed by atoms with Crippen molar-refractivity contribution < 1.29 is 14.3 Å². The number of carbonyl (C=O) groups is 1. The van der Waals surface area contributed by atoms with E-state index in [1.54, 1.807) is 6.92 Å². The maximum atomic E-state index is 11.5. The molecule has 0 saturated carbocycles. The normalized spacial score (nSPS) is 15.1. The topological polar surface area (TPSA) is 38.8 Å². The van der Waals surface area contributed by atoms with Crippen LogP contribution in [0.5, 0.6) is 5.75 Å². The first-order valence-corrected chi connectivity index (χ1v) is 10.1. The number of benzene rings is 2. The van der Waals surface area contributed by atoms with E-state index in [0.717, 1.165) is 59.3 Å². The molecule has 0 aliphatic carbocycles. The van der Waals surface area contributed by atoms with E-state index in [0.29, 0.717) is 6.61 Å². The van der Waals surface area contributed by atoms with Gasteiger partial charge in [-0.3, -0.25) is 9.69 Å². The summed E-state index contributed by atoms with van der Waals surface area (Å²) in [4.78, 5) is 15.8.